The summed E-state index contributed by atoms with van der Waals surface area (Å²) < 4.78 is 0. The number of aromatic amines is 1. The topological polar surface area (TPSA) is 71.7 Å². The molecule has 0 aliphatic rings. The van der Waals surface area contributed by atoms with Gasteiger partial charge in [0.05, 0.1) is 11.8 Å². The van der Waals surface area contributed by atoms with E-state index in [9.17, 15) is 15.0 Å². The van der Waals surface area contributed by atoms with Crippen LogP contribution in [0.15, 0.2) is 17.5 Å². The van der Waals surface area contributed by atoms with Gasteiger partial charge < -0.3 is 10.2 Å². The van der Waals surface area contributed by atoms with Crippen LogP contribution in [0.25, 0.3) is 0 Å². The van der Waals surface area contributed by atoms with Crippen LogP contribution in [0.2, 0.25) is 0 Å². The van der Waals surface area contributed by atoms with Crippen LogP contribution < -0.4 is 4.98 Å². The minimum Gasteiger partial charge on any atom is -0.507 e. The molecule has 0 saturated heterocycles. The molecule has 94 valence electrons. The monoisotopic (exact) mass is 264 g/mol. The number of ketones is 1. The first-order valence-electron chi connectivity index (χ1n) is 5.49. The Morgan fingerprint density at radius 1 is 1.28 bits per heavy atom. The Morgan fingerprint density at radius 2 is 1.89 bits per heavy atom. The summed E-state index contributed by atoms with van der Waals surface area (Å²) in [6.45, 7) is 3.66. The zero-order valence-electron chi connectivity index (χ0n) is 10.2. The number of phenols is 2. The second-order valence-corrected chi connectivity index (χ2v) is 5.30. The van der Waals surface area contributed by atoms with Crippen LogP contribution in [-0.4, -0.2) is 16.0 Å². The summed E-state index contributed by atoms with van der Waals surface area (Å²) in [5.41, 5.74) is 1.47. The molecular formula is C13H14NO3S+. The summed E-state index contributed by atoms with van der Waals surface area (Å²) in [6.07, 6.45) is 0.133. The van der Waals surface area contributed by atoms with Gasteiger partial charge in [-0.3, -0.25) is 4.79 Å². The SMILES string of the molecule is Cc1cc(O)c(C(=O)Cc2csc(C)[nH+]2)c(O)c1. The molecule has 2 aromatic rings. The second-order valence-electron chi connectivity index (χ2n) is 4.22. The Balaban J connectivity index is 2.29. The first-order chi connectivity index (χ1) is 8.47. The molecule has 1 aromatic carbocycles. The number of carbonyl (C=O) groups excluding carboxylic acids is 1. The van der Waals surface area contributed by atoms with E-state index < -0.39 is 0 Å². The van der Waals surface area contributed by atoms with Crippen LogP contribution in [0.3, 0.4) is 0 Å². The molecule has 0 amide bonds. The van der Waals surface area contributed by atoms with Crippen LogP contribution >= 0.6 is 11.3 Å². The lowest BCUT2D eigenvalue weighted by molar-refractivity contribution is -0.390. The maximum atomic E-state index is 12.0. The molecule has 0 aliphatic carbocycles. The Bertz CT molecular complexity index is 581. The van der Waals surface area contributed by atoms with Crippen molar-refractivity contribution in [2.45, 2.75) is 20.3 Å². The highest BCUT2D eigenvalue weighted by atomic mass is 32.1. The van der Waals surface area contributed by atoms with Crippen molar-refractivity contribution in [3.63, 3.8) is 0 Å². The minimum atomic E-state index is -0.306. The number of hydrogen-bond donors (Lipinski definition) is 2. The number of Topliss-reactive ketones (excluding diaryl/α,β-unsaturated/α-hetero) is 1. The molecule has 18 heavy (non-hydrogen) atoms. The zero-order valence-corrected chi connectivity index (χ0v) is 11.0. The van der Waals surface area contributed by atoms with Gasteiger partial charge in [-0.25, -0.2) is 4.98 Å². The molecule has 2 rings (SSSR count). The van der Waals surface area contributed by atoms with E-state index in [1.165, 1.54) is 23.5 Å². The highest BCUT2D eigenvalue weighted by molar-refractivity contribution is 7.09. The van der Waals surface area contributed by atoms with Crippen LogP contribution in [-0.2, 0) is 6.42 Å². The molecule has 1 heterocycles. The van der Waals surface area contributed by atoms with Crippen molar-refractivity contribution in [3.8, 4) is 11.5 Å². The van der Waals surface area contributed by atoms with E-state index in [-0.39, 0.29) is 29.3 Å². The van der Waals surface area contributed by atoms with E-state index in [1.807, 2.05) is 12.3 Å². The lowest BCUT2D eigenvalue weighted by Gasteiger charge is -2.06. The van der Waals surface area contributed by atoms with Crippen molar-refractivity contribution in [1.29, 1.82) is 0 Å². The smallest absolute Gasteiger partial charge is 0.232 e. The summed E-state index contributed by atoms with van der Waals surface area (Å²) in [4.78, 5) is 15.1. The van der Waals surface area contributed by atoms with E-state index in [0.29, 0.717) is 5.56 Å². The fourth-order valence-electron chi connectivity index (χ4n) is 1.83. The summed E-state index contributed by atoms with van der Waals surface area (Å²) in [7, 11) is 0. The molecule has 4 nitrogen and oxygen atoms in total. The van der Waals surface area contributed by atoms with Crippen LogP contribution in [0, 0.1) is 13.8 Å². The molecule has 0 bridgehead atoms. The third-order valence-corrected chi connectivity index (χ3v) is 3.44. The largest absolute Gasteiger partial charge is 0.507 e. The normalized spacial score (nSPS) is 10.6. The van der Waals surface area contributed by atoms with Gasteiger partial charge in [0.15, 0.2) is 11.5 Å². The quantitative estimate of drug-likeness (QED) is 0.833. The number of aromatic hydroxyl groups is 2. The summed E-state index contributed by atoms with van der Waals surface area (Å²) in [5, 5.41) is 22.3. The first-order valence-corrected chi connectivity index (χ1v) is 6.37. The van der Waals surface area contributed by atoms with Crippen LogP contribution in [0.4, 0.5) is 0 Å². The predicted octanol–water partition coefficient (Wildman–Crippen LogP) is 2.02. The number of aromatic nitrogens is 1. The van der Waals surface area contributed by atoms with Crippen molar-refractivity contribution in [2.75, 3.05) is 0 Å². The van der Waals surface area contributed by atoms with Crippen molar-refractivity contribution >= 4 is 17.1 Å². The van der Waals surface area contributed by atoms with Gasteiger partial charge in [0.25, 0.3) is 0 Å². The lowest BCUT2D eigenvalue weighted by Crippen LogP contribution is -2.14. The molecule has 0 aliphatic heterocycles. The van der Waals surface area contributed by atoms with E-state index >= 15 is 0 Å². The number of carbonyl (C=O) groups is 1. The Labute approximate surface area is 109 Å². The van der Waals surface area contributed by atoms with Crippen molar-refractivity contribution in [1.82, 2.24) is 0 Å². The number of rotatable bonds is 3. The van der Waals surface area contributed by atoms with Gasteiger partial charge in [-0.05, 0) is 24.6 Å². The van der Waals surface area contributed by atoms with Crippen molar-refractivity contribution in [3.05, 3.63) is 39.3 Å². The number of benzene rings is 1. The second kappa shape index (κ2) is 4.78. The van der Waals surface area contributed by atoms with Crippen molar-refractivity contribution < 1.29 is 20.0 Å². The number of thiazole rings is 1. The van der Waals surface area contributed by atoms with Crippen LogP contribution in [0.1, 0.15) is 26.6 Å². The zero-order chi connectivity index (χ0) is 13.3. The maximum Gasteiger partial charge on any atom is 0.232 e. The number of aryl methyl sites for hydroxylation is 2. The number of phenolic OH excluding ortho intramolecular Hbond substituents is 2. The molecule has 0 radical (unpaired) electrons. The first kappa shape index (κ1) is 12.6. The molecule has 0 atom stereocenters. The third kappa shape index (κ3) is 2.51. The average molecular weight is 264 g/mol. The standard InChI is InChI=1S/C13H13NO3S/c1-7-3-10(15)13(11(16)4-7)12(17)5-9-6-18-8(2)14-9/h3-4,6,15-16H,5H2,1-2H3/p+1. The maximum absolute atomic E-state index is 12.0. The van der Waals surface area contributed by atoms with E-state index in [2.05, 4.69) is 4.98 Å². The Kier molecular flexibility index (Phi) is 3.34. The number of H-pyrrole nitrogens is 1. The van der Waals surface area contributed by atoms with Gasteiger partial charge in [-0.15, -0.1) is 0 Å². The third-order valence-electron chi connectivity index (χ3n) is 2.59. The molecular weight excluding hydrogens is 250 g/mol. The van der Waals surface area contributed by atoms with Gasteiger partial charge >= 0.3 is 0 Å². The fraction of sp³-hybridized carbons (Fsp3) is 0.231. The van der Waals surface area contributed by atoms with Gasteiger partial charge in [-0.2, -0.15) is 0 Å². The number of hydrogen-bond acceptors (Lipinski definition) is 4. The van der Waals surface area contributed by atoms with E-state index in [4.69, 9.17) is 0 Å². The summed E-state index contributed by atoms with van der Waals surface area (Å²) >= 11 is 1.52. The van der Waals surface area contributed by atoms with Gasteiger partial charge in [-0.1, -0.05) is 11.3 Å². The average Bonchev–Trinajstić information content (AvgIpc) is 2.62. The highest BCUT2D eigenvalue weighted by Gasteiger charge is 2.20. The summed E-state index contributed by atoms with van der Waals surface area (Å²) in [5.74, 6) is -0.659. The van der Waals surface area contributed by atoms with Crippen LogP contribution in [0.5, 0.6) is 11.5 Å². The van der Waals surface area contributed by atoms with Gasteiger partial charge in [0, 0.05) is 6.92 Å². The molecule has 3 N–H and O–H groups in total. The summed E-state index contributed by atoms with van der Waals surface area (Å²) in [6, 6.07) is 2.94. The highest BCUT2D eigenvalue weighted by Crippen LogP contribution is 2.29. The van der Waals surface area contributed by atoms with E-state index in [1.54, 1.807) is 6.92 Å². The molecule has 5 heteroatoms. The van der Waals surface area contributed by atoms with E-state index in [0.717, 1.165) is 10.7 Å². The van der Waals surface area contributed by atoms with Gasteiger partial charge in [0.2, 0.25) is 5.01 Å². The molecule has 0 fully saturated rings. The molecule has 0 unspecified atom stereocenters. The van der Waals surface area contributed by atoms with Crippen molar-refractivity contribution in [2.24, 2.45) is 0 Å². The Hall–Kier alpha value is -1.88. The number of nitrogens with one attached hydrogen (secondary N) is 1. The molecule has 0 saturated carbocycles. The minimum absolute atomic E-state index is 0.0159. The van der Waals surface area contributed by atoms with Gasteiger partial charge in [0.1, 0.15) is 17.1 Å². The Morgan fingerprint density at radius 3 is 2.39 bits per heavy atom. The fourth-order valence-corrected chi connectivity index (χ4v) is 2.48. The lowest BCUT2D eigenvalue weighted by atomic mass is 10.0. The predicted molar refractivity (Wildman–Crippen MR) is 68.2 cm³/mol. The molecule has 0 spiro atoms. The molecule has 1 aromatic heterocycles.